The Morgan fingerprint density at radius 1 is 1.11 bits per heavy atom. The van der Waals surface area contributed by atoms with E-state index in [1.807, 2.05) is 6.92 Å². The summed E-state index contributed by atoms with van der Waals surface area (Å²) in [6, 6.07) is 6.42. The van der Waals surface area contributed by atoms with Crippen molar-refractivity contribution in [1.82, 2.24) is 4.90 Å². The summed E-state index contributed by atoms with van der Waals surface area (Å²) in [5.74, 6) is 0.314. The summed E-state index contributed by atoms with van der Waals surface area (Å²) in [5.41, 5.74) is 0.543. The lowest BCUT2D eigenvalue weighted by molar-refractivity contribution is -0.142. The number of rotatable bonds is 6. The number of carbonyl (C=O) groups is 3. The molecule has 1 saturated heterocycles. The summed E-state index contributed by atoms with van der Waals surface area (Å²) in [6.07, 6.45) is 5.91. The van der Waals surface area contributed by atoms with Gasteiger partial charge in [0, 0.05) is 12.0 Å². The van der Waals surface area contributed by atoms with Gasteiger partial charge in [-0.1, -0.05) is 12.8 Å². The lowest BCUT2D eigenvalue weighted by atomic mass is 10.1. The molecule has 1 atom stereocenters. The third-order valence-corrected chi connectivity index (χ3v) is 5.76. The monoisotopic (exact) mass is 370 g/mol. The van der Waals surface area contributed by atoms with E-state index in [1.165, 1.54) is 4.90 Å². The Bertz CT molecular complexity index is 735. The van der Waals surface area contributed by atoms with E-state index in [4.69, 9.17) is 4.74 Å². The van der Waals surface area contributed by atoms with Gasteiger partial charge in [-0.2, -0.15) is 0 Å². The molecule has 4 rings (SSSR count). The summed E-state index contributed by atoms with van der Waals surface area (Å²) < 4.78 is 5.43. The van der Waals surface area contributed by atoms with Crippen molar-refractivity contribution in [3.8, 4) is 5.75 Å². The molecule has 0 aromatic heterocycles. The van der Waals surface area contributed by atoms with Gasteiger partial charge >= 0.3 is 0 Å². The first-order chi connectivity index (χ1) is 13.1. The van der Waals surface area contributed by atoms with Crippen LogP contribution in [0.2, 0.25) is 0 Å². The van der Waals surface area contributed by atoms with Crippen molar-refractivity contribution in [1.29, 1.82) is 0 Å². The molecule has 2 saturated carbocycles. The normalized spacial score (nSPS) is 23.1. The Morgan fingerprint density at radius 3 is 2.37 bits per heavy atom. The van der Waals surface area contributed by atoms with E-state index in [0.29, 0.717) is 18.0 Å². The van der Waals surface area contributed by atoms with Crippen LogP contribution in [0.15, 0.2) is 24.3 Å². The van der Waals surface area contributed by atoms with Crippen LogP contribution >= 0.6 is 0 Å². The number of imide groups is 1. The average Bonchev–Trinajstić information content (AvgIpc) is 3.30. The second-order valence-corrected chi connectivity index (χ2v) is 7.67. The number of hydrogen-bond acceptors (Lipinski definition) is 4. The molecule has 1 aliphatic heterocycles. The Labute approximate surface area is 159 Å². The van der Waals surface area contributed by atoms with Gasteiger partial charge in [0.1, 0.15) is 11.8 Å². The van der Waals surface area contributed by atoms with Crippen LogP contribution in [0.1, 0.15) is 51.9 Å². The first-order valence-corrected chi connectivity index (χ1v) is 10.0. The van der Waals surface area contributed by atoms with E-state index in [2.05, 4.69) is 0 Å². The number of ether oxygens (including phenoxy) is 1. The molecule has 6 heteroatoms. The molecule has 0 radical (unpaired) electrons. The molecule has 2 aliphatic carbocycles. The van der Waals surface area contributed by atoms with Crippen LogP contribution in [0.3, 0.4) is 0 Å². The molecule has 0 bridgehead atoms. The minimum atomic E-state index is -0.653. The zero-order chi connectivity index (χ0) is 19.0. The number of hydrogen-bond donors (Lipinski definition) is 0. The van der Waals surface area contributed by atoms with Gasteiger partial charge in [-0.3, -0.25) is 14.4 Å². The van der Waals surface area contributed by atoms with Crippen molar-refractivity contribution in [2.75, 3.05) is 11.5 Å². The van der Waals surface area contributed by atoms with Gasteiger partial charge in [0.05, 0.1) is 18.7 Å². The van der Waals surface area contributed by atoms with Crippen LogP contribution in [-0.4, -0.2) is 41.3 Å². The third kappa shape index (κ3) is 3.45. The molecule has 1 unspecified atom stereocenters. The highest BCUT2D eigenvalue weighted by Crippen LogP contribution is 2.38. The maximum Gasteiger partial charge on any atom is 0.257 e. The molecule has 3 fully saturated rings. The highest BCUT2D eigenvalue weighted by atomic mass is 16.5. The number of anilines is 1. The van der Waals surface area contributed by atoms with Crippen LogP contribution in [-0.2, 0) is 14.4 Å². The summed E-state index contributed by atoms with van der Waals surface area (Å²) in [7, 11) is 0. The van der Waals surface area contributed by atoms with Crippen LogP contribution in [0.4, 0.5) is 5.69 Å². The van der Waals surface area contributed by atoms with Gasteiger partial charge in [-0.05, 0) is 56.9 Å². The highest BCUT2D eigenvalue weighted by molar-refractivity contribution is 6.23. The van der Waals surface area contributed by atoms with E-state index in [-0.39, 0.29) is 36.1 Å². The van der Waals surface area contributed by atoms with Crippen molar-refractivity contribution < 1.29 is 19.1 Å². The fraction of sp³-hybridized carbons (Fsp3) is 0.571. The standard InChI is InChI=1S/C21H26N2O4/c1-2-27-17-11-9-16(10-12-17)23-19(24)13-18(21(23)26)22(15-5-3-4-6-15)20(25)14-7-8-14/h9-12,14-15,18H,2-8,13H2,1H3. The average molecular weight is 370 g/mol. The van der Waals surface area contributed by atoms with E-state index < -0.39 is 6.04 Å². The zero-order valence-corrected chi connectivity index (χ0v) is 15.7. The smallest absolute Gasteiger partial charge is 0.257 e. The van der Waals surface area contributed by atoms with E-state index in [9.17, 15) is 14.4 Å². The minimum Gasteiger partial charge on any atom is -0.494 e. The maximum absolute atomic E-state index is 13.2. The summed E-state index contributed by atoms with van der Waals surface area (Å²) in [4.78, 5) is 41.8. The minimum absolute atomic E-state index is 0.0491. The summed E-state index contributed by atoms with van der Waals surface area (Å²) >= 11 is 0. The van der Waals surface area contributed by atoms with Gasteiger partial charge in [0.15, 0.2) is 0 Å². The molecule has 6 nitrogen and oxygen atoms in total. The SMILES string of the molecule is CCOc1ccc(N2C(=O)CC(N(C(=O)C3CC3)C3CCCC3)C2=O)cc1. The molecule has 144 valence electrons. The fourth-order valence-corrected chi connectivity index (χ4v) is 4.27. The molecule has 1 aromatic rings. The molecule has 1 heterocycles. The predicted molar refractivity (Wildman–Crippen MR) is 100 cm³/mol. The number of amides is 3. The Balaban J connectivity index is 1.57. The second-order valence-electron chi connectivity index (χ2n) is 7.67. The van der Waals surface area contributed by atoms with Crippen LogP contribution in [0, 0.1) is 5.92 Å². The van der Waals surface area contributed by atoms with Gasteiger partial charge in [-0.25, -0.2) is 4.90 Å². The van der Waals surface area contributed by atoms with E-state index >= 15 is 0 Å². The molecule has 3 amide bonds. The fourth-order valence-electron chi connectivity index (χ4n) is 4.27. The first kappa shape index (κ1) is 18.0. The van der Waals surface area contributed by atoms with Gasteiger partial charge in [-0.15, -0.1) is 0 Å². The van der Waals surface area contributed by atoms with E-state index in [0.717, 1.165) is 38.5 Å². The zero-order valence-electron chi connectivity index (χ0n) is 15.7. The molecule has 0 spiro atoms. The molecule has 3 aliphatic rings. The van der Waals surface area contributed by atoms with Gasteiger partial charge < -0.3 is 9.64 Å². The largest absolute Gasteiger partial charge is 0.494 e. The highest BCUT2D eigenvalue weighted by Gasteiger charge is 2.49. The quantitative estimate of drug-likeness (QED) is 0.722. The third-order valence-electron chi connectivity index (χ3n) is 5.76. The van der Waals surface area contributed by atoms with Crippen molar-refractivity contribution in [3.63, 3.8) is 0 Å². The molecule has 27 heavy (non-hydrogen) atoms. The van der Waals surface area contributed by atoms with E-state index in [1.54, 1.807) is 29.2 Å². The molecule has 0 N–H and O–H groups in total. The lowest BCUT2D eigenvalue weighted by Crippen LogP contribution is -2.50. The molecular formula is C21H26N2O4. The Morgan fingerprint density at radius 2 is 1.78 bits per heavy atom. The first-order valence-electron chi connectivity index (χ1n) is 10.0. The van der Waals surface area contributed by atoms with Crippen molar-refractivity contribution >= 4 is 23.4 Å². The predicted octanol–water partition coefficient (Wildman–Crippen LogP) is 2.90. The Hall–Kier alpha value is -2.37. The van der Waals surface area contributed by atoms with Crippen LogP contribution in [0.25, 0.3) is 0 Å². The molecule has 1 aromatic carbocycles. The number of carbonyl (C=O) groups excluding carboxylic acids is 3. The second kappa shape index (κ2) is 7.33. The van der Waals surface area contributed by atoms with Crippen LogP contribution < -0.4 is 9.64 Å². The number of benzene rings is 1. The van der Waals surface area contributed by atoms with Gasteiger partial charge in [0.2, 0.25) is 11.8 Å². The maximum atomic E-state index is 13.2. The summed E-state index contributed by atoms with van der Waals surface area (Å²) in [6.45, 7) is 2.46. The Kier molecular flexibility index (Phi) is 4.89. The van der Waals surface area contributed by atoms with Crippen LogP contribution in [0.5, 0.6) is 5.75 Å². The lowest BCUT2D eigenvalue weighted by Gasteiger charge is -2.33. The van der Waals surface area contributed by atoms with Gasteiger partial charge in [0.25, 0.3) is 5.91 Å². The van der Waals surface area contributed by atoms with Crippen molar-refractivity contribution in [2.24, 2.45) is 5.92 Å². The molecular weight excluding hydrogens is 344 g/mol. The number of nitrogens with zero attached hydrogens (tertiary/aromatic N) is 2. The van der Waals surface area contributed by atoms with Crippen molar-refractivity contribution in [3.05, 3.63) is 24.3 Å². The van der Waals surface area contributed by atoms with Crippen molar-refractivity contribution in [2.45, 2.75) is 64.0 Å². The topological polar surface area (TPSA) is 66.9 Å². The summed E-state index contributed by atoms with van der Waals surface area (Å²) in [5, 5.41) is 0.